The SMILES string of the molecule is CC[C@H](C)[C@H](NC(=O)[C@H](CC(C)C)NC(=O)[C@H](Cc1ccc(O)cc1)NC(=O)[C@H](C)NC(=O)[C@H](CC(C)C)NC(=O)[C@@H](N)[C@@H](C)O)C(=O)N[C@@H](Cc1ccccc1)C(=O)N[C@@H](CS)C(=O)N[C@@H](CC(C)C)C(=O)O. The summed E-state index contributed by atoms with van der Waals surface area (Å²) in [6.45, 7) is 17.1. The first kappa shape index (κ1) is 63.9. The van der Waals surface area contributed by atoms with E-state index < -0.39 is 120 Å². The molecule has 0 radical (unpaired) electrons. The van der Waals surface area contributed by atoms with Crippen LogP contribution in [0.15, 0.2) is 54.6 Å². The number of amides is 8. The van der Waals surface area contributed by atoms with Crippen molar-refractivity contribution in [1.29, 1.82) is 0 Å². The molecule has 11 atom stereocenters. The highest BCUT2D eigenvalue weighted by molar-refractivity contribution is 7.80. The maximum atomic E-state index is 14.4. The summed E-state index contributed by atoms with van der Waals surface area (Å²) in [6, 6.07) is 3.21. The third-order valence-corrected chi connectivity index (χ3v) is 12.5. The molecular weight excluding hydrogens is 975 g/mol. The highest BCUT2D eigenvalue weighted by Gasteiger charge is 2.36. The molecule has 22 heteroatoms. The average Bonchev–Trinajstić information content (AvgIpc) is 3.33. The molecule has 0 heterocycles. The third-order valence-electron chi connectivity index (χ3n) is 12.1. The molecule has 2 aromatic rings. The van der Waals surface area contributed by atoms with E-state index in [2.05, 4.69) is 55.2 Å². The van der Waals surface area contributed by atoms with Crippen LogP contribution in [0.1, 0.15) is 106 Å². The minimum atomic E-state index is -1.36. The number of hydrogen-bond acceptors (Lipinski definition) is 13. The summed E-state index contributed by atoms with van der Waals surface area (Å²) in [5.74, 6) is -8.51. The van der Waals surface area contributed by atoms with Gasteiger partial charge in [0.2, 0.25) is 47.3 Å². The van der Waals surface area contributed by atoms with Crippen molar-refractivity contribution in [2.75, 3.05) is 5.75 Å². The number of nitrogens with two attached hydrogens (primary N) is 1. The molecule has 0 bridgehead atoms. The van der Waals surface area contributed by atoms with Crippen LogP contribution in [0, 0.1) is 23.7 Å². The van der Waals surface area contributed by atoms with Gasteiger partial charge in [-0.25, -0.2) is 4.79 Å². The number of phenolic OH excluding ortho intramolecular Hbond substituents is 1. The molecule has 2 rings (SSSR count). The molecule has 0 aromatic heterocycles. The highest BCUT2D eigenvalue weighted by Crippen LogP contribution is 2.16. The zero-order chi connectivity index (χ0) is 56.0. The molecule has 13 N–H and O–H groups in total. The molecule has 2 aromatic carbocycles. The van der Waals surface area contributed by atoms with Gasteiger partial charge in [0.05, 0.1) is 6.10 Å². The lowest BCUT2D eigenvalue weighted by molar-refractivity contribution is -0.142. The maximum Gasteiger partial charge on any atom is 0.326 e. The van der Waals surface area contributed by atoms with E-state index in [0.29, 0.717) is 17.5 Å². The van der Waals surface area contributed by atoms with Crippen LogP contribution in [0.25, 0.3) is 0 Å². The summed E-state index contributed by atoms with van der Waals surface area (Å²) in [5, 5.41) is 50.6. The van der Waals surface area contributed by atoms with E-state index in [9.17, 15) is 58.5 Å². The van der Waals surface area contributed by atoms with E-state index in [1.165, 1.54) is 26.0 Å². The van der Waals surface area contributed by atoms with Crippen molar-refractivity contribution in [3.05, 3.63) is 65.7 Å². The van der Waals surface area contributed by atoms with Crippen LogP contribution < -0.4 is 48.3 Å². The molecule has 8 amide bonds. The highest BCUT2D eigenvalue weighted by atomic mass is 32.1. The summed E-state index contributed by atoms with van der Waals surface area (Å²) in [7, 11) is 0. The maximum absolute atomic E-state index is 14.4. The standard InChI is InChI=1S/C52H81N9O12S/c1-11-30(8)43(51(71)58-39(24-33-15-13-12-14-16-33)47(67)60-41(26-74)49(69)59-40(52(72)73)23-29(6)7)61-48(68)37(22-28(4)5)56-46(66)38(25-34-17-19-35(63)20-18-34)55-44(64)31(9)54-45(65)36(21-27(2)3)57-50(70)42(53)32(10)62/h12-20,27-32,36-43,62-63,74H,11,21-26,53H2,1-10H3,(H,54,65)(H,55,64)(H,56,66)(H,57,70)(H,58,71)(H,59,69)(H,60,67)(H,61,68)(H,72,73)/t30-,31-,32+,36-,37-,38-,39-,40-,41-,42-,43-/m0/s1. The normalized spacial score (nSPS) is 15.8. The van der Waals surface area contributed by atoms with Crippen molar-refractivity contribution in [1.82, 2.24) is 42.5 Å². The first-order chi connectivity index (χ1) is 34.7. The minimum absolute atomic E-state index is 0.0399. The number of carbonyl (C=O) groups excluding carboxylic acids is 8. The summed E-state index contributed by atoms with van der Waals surface area (Å²) < 4.78 is 0. The molecule has 0 aliphatic heterocycles. The van der Waals surface area contributed by atoms with Crippen molar-refractivity contribution in [3.63, 3.8) is 0 Å². The Morgan fingerprint density at radius 1 is 0.500 bits per heavy atom. The molecule has 0 spiro atoms. The van der Waals surface area contributed by atoms with E-state index in [1.54, 1.807) is 70.2 Å². The van der Waals surface area contributed by atoms with Crippen LogP contribution >= 0.6 is 12.6 Å². The number of aliphatic carboxylic acids is 1. The van der Waals surface area contributed by atoms with Gasteiger partial charge in [0.1, 0.15) is 60.1 Å². The fourth-order valence-electron chi connectivity index (χ4n) is 7.63. The second kappa shape index (κ2) is 31.5. The topological polar surface area (TPSA) is 337 Å². The van der Waals surface area contributed by atoms with Gasteiger partial charge >= 0.3 is 5.97 Å². The van der Waals surface area contributed by atoms with Crippen molar-refractivity contribution in [2.45, 2.75) is 168 Å². The Morgan fingerprint density at radius 3 is 1.35 bits per heavy atom. The van der Waals surface area contributed by atoms with E-state index in [0.717, 1.165) is 0 Å². The minimum Gasteiger partial charge on any atom is -0.508 e. The predicted molar refractivity (Wildman–Crippen MR) is 282 cm³/mol. The van der Waals surface area contributed by atoms with Crippen molar-refractivity contribution < 1.29 is 58.5 Å². The molecule has 0 unspecified atom stereocenters. The Morgan fingerprint density at radius 2 is 0.892 bits per heavy atom. The van der Waals surface area contributed by atoms with E-state index in [-0.39, 0.29) is 61.4 Å². The summed E-state index contributed by atoms with van der Waals surface area (Å²) in [4.78, 5) is 122. The Bertz CT molecular complexity index is 2180. The zero-order valence-corrected chi connectivity index (χ0v) is 45.2. The molecule has 0 saturated carbocycles. The fraction of sp³-hybridized carbons (Fsp3) is 0.596. The first-order valence-electron chi connectivity index (χ1n) is 25.2. The number of aromatic hydroxyl groups is 1. The van der Waals surface area contributed by atoms with Gasteiger partial charge in [-0.15, -0.1) is 0 Å². The summed E-state index contributed by atoms with van der Waals surface area (Å²) in [6.07, 6.45) is -0.611. The van der Waals surface area contributed by atoms with Crippen LogP contribution in [0.4, 0.5) is 0 Å². The number of thiol groups is 1. The van der Waals surface area contributed by atoms with Gasteiger partial charge in [0.25, 0.3) is 0 Å². The second-order valence-electron chi connectivity index (χ2n) is 20.2. The molecule has 412 valence electrons. The number of carboxylic acids is 1. The van der Waals surface area contributed by atoms with Crippen molar-refractivity contribution in [3.8, 4) is 5.75 Å². The number of phenols is 1. The fourth-order valence-corrected chi connectivity index (χ4v) is 7.88. The largest absolute Gasteiger partial charge is 0.508 e. The molecule has 21 nitrogen and oxygen atoms in total. The summed E-state index contributed by atoms with van der Waals surface area (Å²) >= 11 is 4.25. The lowest BCUT2D eigenvalue weighted by atomic mass is 9.95. The van der Waals surface area contributed by atoms with Crippen LogP contribution in [0.3, 0.4) is 0 Å². The number of nitrogens with one attached hydrogen (secondary N) is 8. The predicted octanol–water partition coefficient (Wildman–Crippen LogP) is 0.983. The zero-order valence-electron chi connectivity index (χ0n) is 44.3. The van der Waals surface area contributed by atoms with E-state index in [1.807, 2.05) is 27.7 Å². The molecule has 0 aliphatic carbocycles. The Balaban J connectivity index is 2.44. The number of rotatable bonds is 31. The van der Waals surface area contributed by atoms with E-state index in [4.69, 9.17) is 5.73 Å². The summed E-state index contributed by atoms with van der Waals surface area (Å²) in [5.41, 5.74) is 6.95. The van der Waals surface area contributed by atoms with Crippen molar-refractivity contribution in [2.24, 2.45) is 29.4 Å². The number of carboxylic acid groups (broad SMARTS) is 1. The van der Waals surface area contributed by atoms with Gasteiger partial charge in [0, 0.05) is 18.6 Å². The van der Waals surface area contributed by atoms with Crippen molar-refractivity contribution >= 4 is 65.9 Å². The first-order valence-corrected chi connectivity index (χ1v) is 25.8. The number of benzene rings is 2. The van der Waals surface area contributed by atoms with Gasteiger partial charge in [-0.3, -0.25) is 38.4 Å². The molecular formula is C52H81N9O12S. The number of carbonyl (C=O) groups is 9. The quantitative estimate of drug-likeness (QED) is 0.0469. The number of hydrogen-bond donors (Lipinski definition) is 13. The second-order valence-corrected chi connectivity index (χ2v) is 20.6. The number of aliphatic hydroxyl groups is 1. The Labute approximate surface area is 440 Å². The van der Waals surface area contributed by atoms with Crippen LogP contribution in [0.2, 0.25) is 0 Å². The van der Waals surface area contributed by atoms with Gasteiger partial charge in [-0.05, 0) is 80.0 Å². The van der Waals surface area contributed by atoms with Crippen LogP contribution in [0.5, 0.6) is 5.75 Å². The lowest BCUT2D eigenvalue weighted by Gasteiger charge is -2.30. The van der Waals surface area contributed by atoms with Crippen LogP contribution in [-0.2, 0) is 56.0 Å². The number of aliphatic hydroxyl groups excluding tert-OH is 1. The molecule has 0 fully saturated rings. The Kier molecular flexibility index (Phi) is 27.2. The lowest BCUT2D eigenvalue weighted by Crippen LogP contribution is -2.61. The molecule has 0 aliphatic rings. The molecule has 74 heavy (non-hydrogen) atoms. The smallest absolute Gasteiger partial charge is 0.326 e. The molecule has 0 saturated heterocycles. The van der Waals surface area contributed by atoms with E-state index >= 15 is 0 Å². The van der Waals surface area contributed by atoms with Gasteiger partial charge in [0.15, 0.2) is 0 Å². The van der Waals surface area contributed by atoms with Gasteiger partial charge in [-0.1, -0.05) is 104 Å². The van der Waals surface area contributed by atoms with Gasteiger partial charge in [-0.2, -0.15) is 12.6 Å². The third kappa shape index (κ3) is 22.1. The Hall–Kier alpha value is -6.26. The van der Waals surface area contributed by atoms with Crippen LogP contribution in [-0.4, -0.2) is 135 Å². The van der Waals surface area contributed by atoms with Gasteiger partial charge < -0.3 is 63.6 Å². The average molecular weight is 1060 g/mol. The monoisotopic (exact) mass is 1060 g/mol.